The number of anilines is 1. The van der Waals surface area contributed by atoms with Crippen LogP contribution in [0.4, 0.5) is 5.82 Å². The third kappa shape index (κ3) is 2.29. The molecule has 94 valence electrons. The van der Waals surface area contributed by atoms with E-state index in [1.807, 2.05) is 30.5 Å². The molecule has 1 saturated heterocycles. The minimum absolute atomic E-state index is 0.439. The van der Waals surface area contributed by atoms with E-state index in [2.05, 4.69) is 27.5 Å². The molecule has 0 aliphatic carbocycles. The molecule has 18 heavy (non-hydrogen) atoms. The molecule has 0 radical (unpaired) electrons. The smallest absolute Gasteiger partial charge is 0.145 e. The molecule has 3 rings (SSSR count). The molecule has 0 amide bonds. The fourth-order valence-corrected chi connectivity index (χ4v) is 2.46. The van der Waals surface area contributed by atoms with Gasteiger partial charge in [0.15, 0.2) is 0 Å². The number of para-hydroxylation sites is 2. The van der Waals surface area contributed by atoms with E-state index in [4.69, 9.17) is 0 Å². The minimum atomic E-state index is 0.439. The zero-order chi connectivity index (χ0) is 12.4. The van der Waals surface area contributed by atoms with E-state index in [-0.39, 0.29) is 0 Å². The van der Waals surface area contributed by atoms with Crippen LogP contribution >= 0.6 is 0 Å². The standard InChI is InChI=1S/C14H18N4/c1-10-11(7-4-8-15-10)17-14-9-16-12-5-2-3-6-13(12)18-14/h2-3,5-6,9-11,15H,4,7-8H2,1H3,(H,17,18). The van der Waals surface area contributed by atoms with Gasteiger partial charge in [0.05, 0.1) is 17.2 Å². The van der Waals surface area contributed by atoms with Crippen LogP contribution in [-0.2, 0) is 0 Å². The van der Waals surface area contributed by atoms with Crippen LogP contribution in [0.25, 0.3) is 11.0 Å². The maximum absolute atomic E-state index is 4.60. The summed E-state index contributed by atoms with van der Waals surface area (Å²) in [6, 6.07) is 8.87. The average molecular weight is 242 g/mol. The lowest BCUT2D eigenvalue weighted by Gasteiger charge is -2.30. The van der Waals surface area contributed by atoms with E-state index in [0.29, 0.717) is 12.1 Å². The van der Waals surface area contributed by atoms with Crippen LogP contribution in [0.5, 0.6) is 0 Å². The van der Waals surface area contributed by atoms with Crippen molar-refractivity contribution in [2.24, 2.45) is 0 Å². The summed E-state index contributed by atoms with van der Waals surface area (Å²) in [6.07, 6.45) is 4.22. The Kier molecular flexibility index (Phi) is 3.11. The van der Waals surface area contributed by atoms with Gasteiger partial charge < -0.3 is 10.6 Å². The quantitative estimate of drug-likeness (QED) is 0.847. The second-order valence-corrected chi connectivity index (χ2v) is 4.88. The highest BCUT2D eigenvalue weighted by Gasteiger charge is 2.20. The van der Waals surface area contributed by atoms with E-state index in [0.717, 1.165) is 23.4 Å². The van der Waals surface area contributed by atoms with Crippen LogP contribution in [0.3, 0.4) is 0 Å². The highest BCUT2D eigenvalue weighted by atomic mass is 15.1. The predicted molar refractivity (Wildman–Crippen MR) is 73.6 cm³/mol. The summed E-state index contributed by atoms with van der Waals surface area (Å²) < 4.78 is 0. The van der Waals surface area contributed by atoms with Gasteiger partial charge in [-0.1, -0.05) is 12.1 Å². The van der Waals surface area contributed by atoms with Crippen molar-refractivity contribution < 1.29 is 0 Å². The molecule has 4 heteroatoms. The van der Waals surface area contributed by atoms with Gasteiger partial charge in [-0.15, -0.1) is 0 Å². The summed E-state index contributed by atoms with van der Waals surface area (Å²) in [6.45, 7) is 3.33. The lowest BCUT2D eigenvalue weighted by Crippen LogP contribution is -2.46. The Morgan fingerprint density at radius 3 is 2.94 bits per heavy atom. The van der Waals surface area contributed by atoms with Gasteiger partial charge in [0.2, 0.25) is 0 Å². The van der Waals surface area contributed by atoms with E-state index in [9.17, 15) is 0 Å². The molecule has 0 bridgehead atoms. The van der Waals surface area contributed by atoms with Crippen LogP contribution in [0.2, 0.25) is 0 Å². The molecule has 2 atom stereocenters. The summed E-state index contributed by atoms with van der Waals surface area (Å²) in [5, 5.41) is 6.97. The maximum Gasteiger partial charge on any atom is 0.145 e. The molecule has 1 aliphatic heterocycles. The number of rotatable bonds is 2. The molecule has 0 spiro atoms. The van der Waals surface area contributed by atoms with Crippen molar-refractivity contribution >= 4 is 16.9 Å². The Morgan fingerprint density at radius 1 is 1.28 bits per heavy atom. The minimum Gasteiger partial charge on any atom is -0.364 e. The second kappa shape index (κ2) is 4.90. The zero-order valence-electron chi connectivity index (χ0n) is 10.6. The lowest BCUT2D eigenvalue weighted by molar-refractivity contribution is 0.389. The first-order valence-electron chi connectivity index (χ1n) is 6.54. The summed E-state index contributed by atoms with van der Waals surface area (Å²) in [5.41, 5.74) is 1.89. The van der Waals surface area contributed by atoms with Gasteiger partial charge in [-0.05, 0) is 38.4 Å². The number of piperidine rings is 1. The first-order valence-corrected chi connectivity index (χ1v) is 6.54. The lowest BCUT2D eigenvalue weighted by atomic mass is 10.00. The van der Waals surface area contributed by atoms with Crippen molar-refractivity contribution in [1.82, 2.24) is 15.3 Å². The van der Waals surface area contributed by atoms with Gasteiger partial charge in [0.1, 0.15) is 5.82 Å². The number of benzene rings is 1. The van der Waals surface area contributed by atoms with Crippen molar-refractivity contribution in [3.63, 3.8) is 0 Å². The van der Waals surface area contributed by atoms with E-state index < -0.39 is 0 Å². The molecule has 2 aromatic rings. The Morgan fingerprint density at radius 2 is 2.11 bits per heavy atom. The van der Waals surface area contributed by atoms with Gasteiger partial charge in [0.25, 0.3) is 0 Å². The fourth-order valence-electron chi connectivity index (χ4n) is 2.46. The Labute approximate surface area is 107 Å². The van der Waals surface area contributed by atoms with Crippen molar-refractivity contribution in [3.8, 4) is 0 Å². The number of fused-ring (bicyclic) bond motifs is 1. The molecule has 1 aromatic heterocycles. The Bertz CT molecular complexity index is 540. The third-order valence-corrected chi connectivity index (χ3v) is 3.54. The Balaban J connectivity index is 1.81. The van der Waals surface area contributed by atoms with Gasteiger partial charge in [0, 0.05) is 12.1 Å². The third-order valence-electron chi connectivity index (χ3n) is 3.54. The molecule has 1 fully saturated rings. The van der Waals surface area contributed by atoms with Gasteiger partial charge >= 0.3 is 0 Å². The van der Waals surface area contributed by atoms with Crippen molar-refractivity contribution in [3.05, 3.63) is 30.5 Å². The summed E-state index contributed by atoms with van der Waals surface area (Å²) in [5.74, 6) is 0.870. The molecule has 1 aromatic carbocycles. The summed E-state index contributed by atoms with van der Waals surface area (Å²) >= 11 is 0. The van der Waals surface area contributed by atoms with Crippen LogP contribution < -0.4 is 10.6 Å². The fraction of sp³-hybridized carbons (Fsp3) is 0.429. The van der Waals surface area contributed by atoms with Crippen LogP contribution in [0.15, 0.2) is 30.5 Å². The molecule has 2 heterocycles. The van der Waals surface area contributed by atoms with E-state index >= 15 is 0 Å². The number of hydrogen-bond donors (Lipinski definition) is 2. The molecule has 2 N–H and O–H groups in total. The summed E-state index contributed by atoms with van der Waals surface area (Å²) in [4.78, 5) is 9.03. The summed E-state index contributed by atoms with van der Waals surface area (Å²) in [7, 11) is 0. The SMILES string of the molecule is CC1NCCCC1Nc1cnc2ccccc2n1. The molecular weight excluding hydrogens is 224 g/mol. The van der Waals surface area contributed by atoms with Gasteiger partial charge in [-0.3, -0.25) is 4.98 Å². The van der Waals surface area contributed by atoms with Crippen LogP contribution in [0.1, 0.15) is 19.8 Å². The molecular formula is C14H18N4. The van der Waals surface area contributed by atoms with Crippen molar-refractivity contribution in [2.45, 2.75) is 31.8 Å². The van der Waals surface area contributed by atoms with Gasteiger partial charge in [-0.25, -0.2) is 4.98 Å². The van der Waals surface area contributed by atoms with E-state index in [1.165, 1.54) is 12.8 Å². The van der Waals surface area contributed by atoms with Crippen LogP contribution in [0, 0.1) is 0 Å². The average Bonchev–Trinajstić information content (AvgIpc) is 2.41. The van der Waals surface area contributed by atoms with Gasteiger partial charge in [-0.2, -0.15) is 0 Å². The molecule has 4 nitrogen and oxygen atoms in total. The monoisotopic (exact) mass is 242 g/mol. The van der Waals surface area contributed by atoms with Crippen LogP contribution in [-0.4, -0.2) is 28.6 Å². The normalized spacial score (nSPS) is 24.1. The molecule has 0 saturated carbocycles. The van der Waals surface area contributed by atoms with Crippen molar-refractivity contribution in [1.29, 1.82) is 0 Å². The number of aromatic nitrogens is 2. The highest BCUT2D eigenvalue weighted by molar-refractivity contribution is 5.75. The Hall–Kier alpha value is -1.68. The zero-order valence-corrected chi connectivity index (χ0v) is 10.6. The van der Waals surface area contributed by atoms with Crippen molar-refractivity contribution in [2.75, 3.05) is 11.9 Å². The second-order valence-electron chi connectivity index (χ2n) is 4.88. The highest BCUT2D eigenvalue weighted by Crippen LogP contribution is 2.16. The first-order chi connectivity index (χ1) is 8.83. The number of nitrogens with one attached hydrogen (secondary N) is 2. The predicted octanol–water partition coefficient (Wildman–Crippen LogP) is 2.18. The number of nitrogens with zero attached hydrogens (tertiary/aromatic N) is 2. The maximum atomic E-state index is 4.60. The topological polar surface area (TPSA) is 49.8 Å². The molecule has 1 aliphatic rings. The van der Waals surface area contributed by atoms with E-state index in [1.54, 1.807) is 0 Å². The first kappa shape index (κ1) is 11.4. The molecule has 2 unspecified atom stereocenters. The number of hydrogen-bond acceptors (Lipinski definition) is 4. The largest absolute Gasteiger partial charge is 0.364 e.